The molecule has 2 rings (SSSR count). The molecule has 2 atom stereocenters. The Morgan fingerprint density at radius 1 is 1.47 bits per heavy atom. The van der Waals surface area contributed by atoms with Crippen molar-refractivity contribution in [1.82, 2.24) is 0 Å². The van der Waals surface area contributed by atoms with Crippen molar-refractivity contribution in [3.8, 4) is 0 Å². The van der Waals surface area contributed by atoms with Crippen molar-refractivity contribution in [2.45, 2.75) is 45.2 Å². The maximum atomic E-state index is 13.1. The number of hydrogen-bond acceptors (Lipinski definition) is 2. The van der Waals surface area contributed by atoms with Crippen LogP contribution in [0.15, 0.2) is 18.2 Å². The summed E-state index contributed by atoms with van der Waals surface area (Å²) < 4.78 is 13.1. The van der Waals surface area contributed by atoms with E-state index in [-0.39, 0.29) is 5.82 Å². The summed E-state index contributed by atoms with van der Waals surface area (Å²) in [7, 11) is 0. The molecular weight excluding hydrogens is 217 g/mol. The van der Waals surface area contributed by atoms with Gasteiger partial charge in [0.05, 0.1) is 0 Å². The zero-order valence-corrected chi connectivity index (χ0v) is 10.3. The highest BCUT2D eigenvalue weighted by molar-refractivity contribution is 5.85. The molecule has 2 nitrogen and oxygen atoms in total. The predicted octanol–water partition coefficient (Wildman–Crippen LogP) is 3.41. The van der Waals surface area contributed by atoms with Crippen molar-refractivity contribution in [3.63, 3.8) is 0 Å². The van der Waals surface area contributed by atoms with Gasteiger partial charge in [-0.05, 0) is 44.4 Å². The van der Waals surface area contributed by atoms with Gasteiger partial charge in [-0.25, -0.2) is 4.39 Å². The molecule has 1 aromatic carbocycles. The van der Waals surface area contributed by atoms with E-state index in [4.69, 9.17) is 0 Å². The molecule has 2 unspecified atom stereocenters. The molecule has 0 spiro atoms. The Balaban J connectivity index is 2.41. The lowest BCUT2D eigenvalue weighted by atomic mass is 10.1. The number of halogens is 1. The van der Waals surface area contributed by atoms with Gasteiger partial charge in [-0.2, -0.15) is 0 Å². The van der Waals surface area contributed by atoms with Crippen LogP contribution in [0.1, 0.15) is 43.5 Å². The Bertz CT molecular complexity index is 419. The van der Waals surface area contributed by atoms with Gasteiger partial charge in [-0.15, -0.1) is 0 Å². The normalized spacial score (nSPS) is 24.1. The van der Waals surface area contributed by atoms with Crippen molar-refractivity contribution < 1.29 is 9.18 Å². The van der Waals surface area contributed by atoms with Crippen LogP contribution in [0.5, 0.6) is 0 Å². The van der Waals surface area contributed by atoms with Gasteiger partial charge in [0.1, 0.15) is 5.82 Å². The lowest BCUT2D eigenvalue weighted by molar-refractivity contribution is 0.112. The van der Waals surface area contributed by atoms with E-state index < -0.39 is 0 Å². The third-order valence-electron chi connectivity index (χ3n) is 3.65. The average molecular weight is 235 g/mol. The van der Waals surface area contributed by atoms with Gasteiger partial charge in [0, 0.05) is 23.3 Å². The molecule has 92 valence electrons. The summed E-state index contributed by atoms with van der Waals surface area (Å²) in [5.41, 5.74) is 1.33. The standard InChI is InChI=1S/C14H18FNO/c1-3-13-6-4-10(2)16(13)14-7-5-12(15)8-11(14)9-17/h5,7-10,13H,3-4,6H2,1-2H3. The molecule has 1 saturated heterocycles. The summed E-state index contributed by atoms with van der Waals surface area (Å²) >= 11 is 0. The summed E-state index contributed by atoms with van der Waals surface area (Å²) in [6.45, 7) is 4.31. The van der Waals surface area contributed by atoms with Crippen LogP contribution in [0.2, 0.25) is 0 Å². The molecule has 0 saturated carbocycles. The number of carbonyl (C=O) groups excluding carboxylic acids is 1. The second-order valence-electron chi connectivity index (χ2n) is 4.72. The minimum absolute atomic E-state index is 0.351. The minimum atomic E-state index is -0.351. The first-order chi connectivity index (χ1) is 8.17. The van der Waals surface area contributed by atoms with E-state index in [1.165, 1.54) is 12.1 Å². The van der Waals surface area contributed by atoms with E-state index in [1.807, 2.05) is 0 Å². The van der Waals surface area contributed by atoms with Crippen LogP contribution in [0, 0.1) is 5.82 Å². The van der Waals surface area contributed by atoms with Crippen LogP contribution < -0.4 is 4.90 Å². The fraction of sp³-hybridized carbons (Fsp3) is 0.500. The van der Waals surface area contributed by atoms with Crippen LogP contribution in [-0.2, 0) is 0 Å². The summed E-state index contributed by atoms with van der Waals surface area (Å²) in [6, 6.07) is 5.36. The summed E-state index contributed by atoms with van der Waals surface area (Å²) in [5, 5.41) is 0. The third-order valence-corrected chi connectivity index (χ3v) is 3.65. The average Bonchev–Trinajstić information content (AvgIpc) is 2.70. The Morgan fingerprint density at radius 3 is 2.88 bits per heavy atom. The van der Waals surface area contributed by atoms with Gasteiger partial charge in [0.15, 0.2) is 6.29 Å². The first kappa shape index (κ1) is 12.1. The molecule has 0 aliphatic carbocycles. The quantitative estimate of drug-likeness (QED) is 0.748. The molecule has 3 heteroatoms. The summed E-state index contributed by atoms with van der Waals surface area (Å²) in [5.74, 6) is -0.351. The fourth-order valence-electron chi connectivity index (χ4n) is 2.76. The summed E-state index contributed by atoms with van der Waals surface area (Å²) in [6.07, 6.45) is 4.08. The maximum absolute atomic E-state index is 13.1. The lowest BCUT2D eigenvalue weighted by Gasteiger charge is -2.31. The Kier molecular flexibility index (Phi) is 3.46. The molecule has 17 heavy (non-hydrogen) atoms. The predicted molar refractivity (Wildman–Crippen MR) is 67.0 cm³/mol. The highest BCUT2D eigenvalue weighted by Crippen LogP contribution is 2.33. The molecule has 0 amide bonds. The number of nitrogens with zero attached hydrogens (tertiary/aromatic N) is 1. The molecule has 1 aliphatic rings. The van der Waals surface area contributed by atoms with E-state index >= 15 is 0 Å². The first-order valence-corrected chi connectivity index (χ1v) is 6.20. The van der Waals surface area contributed by atoms with Gasteiger partial charge in [0.25, 0.3) is 0 Å². The topological polar surface area (TPSA) is 20.3 Å². The van der Waals surface area contributed by atoms with Crippen LogP contribution >= 0.6 is 0 Å². The molecule has 0 aromatic heterocycles. The van der Waals surface area contributed by atoms with Crippen molar-refractivity contribution >= 4 is 12.0 Å². The third kappa shape index (κ3) is 2.19. The van der Waals surface area contributed by atoms with Gasteiger partial charge >= 0.3 is 0 Å². The molecule has 1 aliphatic heterocycles. The fourth-order valence-corrected chi connectivity index (χ4v) is 2.76. The van der Waals surface area contributed by atoms with E-state index in [0.717, 1.165) is 31.2 Å². The van der Waals surface area contributed by atoms with E-state index in [2.05, 4.69) is 18.7 Å². The van der Waals surface area contributed by atoms with Gasteiger partial charge < -0.3 is 4.90 Å². The highest BCUT2D eigenvalue weighted by Gasteiger charge is 2.30. The number of hydrogen-bond donors (Lipinski definition) is 0. The number of rotatable bonds is 3. The van der Waals surface area contributed by atoms with Crippen LogP contribution in [0.3, 0.4) is 0 Å². The molecule has 1 fully saturated rings. The van der Waals surface area contributed by atoms with E-state index in [1.54, 1.807) is 6.07 Å². The molecular formula is C14H18FNO. The zero-order chi connectivity index (χ0) is 12.4. The van der Waals surface area contributed by atoms with E-state index in [0.29, 0.717) is 17.6 Å². The van der Waals surface area contributed by atoms with Crippen LogP contribution in [0.25, 0.3) is 0 Å². The molecule has 0 bridgehead atoms. The number of carbonyl (C=O) groups is 1. The number of anilines is 1. The second-order valence-corrected chi connectivity index (χ2v) is 4.72. The van der Waals surface area contributed by atoms with Gasteiger partial charge in [-0.1, -0.05) is 6.92 Å². The molecule has 0 N–H and O–H groups in total. The Morgan fingerprint density at radius 2 is 2.24 bits per heavy atom. The highest BCUT2D eigenvalue weighted by atomic mass is 19.1. The Hall–Kier alpha value is -1.38. The van der Waals surface area contributed by atoms with Crippen LogP contribution in [-0.4, -0.2) is 18.4 Å². The monoisotopic (exact) mass is 235 g/mol. The van der Waals surface area contributed by atoms with Crippen molar-refractivity contribution in [2.24, 2.45) is 0 Å². The number of aldehydes is 1. The largest absolute Gasteiger partial charge is 0.365 e. The summed E-state index contributed by atoms with van der Waals surface area (Å²) in [4.78, 5) is 13.3. The minimum Gasteiger partial charge on any atom is -0.365 e. The lowest BCUT2D eigenvalue weighted by Crippen LogP contribution is -2.34. The number of benzene rings is 1. The molecule has 1 aromatic rings. The van der Waals surface area contributed by atoms with E-state index in [9.17, 15) is 9.18 Å². The zero-order valence-electron chi connectivity index (χ0n) is 10.3. The first-order valence-electron chi connectivity index (χ1n) is 6.20. The second kappa shape index (κ2) is 4.86. The smallest absolute Gasteiger partial charge is 0.152 e. The maximum Gasteiger partial charge on any atom is 0.152 e. The van der Waals surface area contributed by atoms with Crippen molar-refractivity contribution in [3.05, 3.63) is 29.6 Å². The molecule has 1 heterocycles. The van der Waals surface area contributed by atoms with Gasteiger partial charge in [0.2, 0.25) is 0 Å². The van der Waals surface area contributed by atoms with Gasteiger partial charge in [-0.3, -0.25) is 4.79 Å². The van der Waals surface area contributed by atoms with Crippen LogP contribution in [0.4, 0.5) is 10.1 Å². The molecule has 0 radical (unpaired) electrons. The van der Waals surface area contributed by atoms with Crippen molar-refractivity contribution in [2.75, 3.05) is 4.90 Å². The SMILES string of the molecule is CCC1CCC(C)N1c1ccc(F)cc1C=O. The van der Waals surface area contributed by atoms with Crippen molar-refractivity contribution in [1.29, 1.82) is 0 Å². The Labute approximate surface area is 101 Å².